The predicted molar refractivity (Wildman–Crippen MR) is 234 cm³/mol. The first-order chi connectivity index (χ1) is 26.5. The molecule has 0 atom stereocenters. The molecule has 1 aliphatic rings. The standard InChI is InChI=1S/C17H25BO4.C12H9ClO.C6H6BrClN2.C6H4BrF3O.ClH/c1-15(2,14(19)20-7)12-9-8-10-13(11-12)18-21-16(3,4)17(5,6)22-18;1-8-6-7-9-4-2-3-5-10(9)11(8)12(13)14;7-4-1-5(8)6(2-9)10-3-4;7-3-4-1-2-5(11-4)6(8,9)10;/h8-11H,1-7H3;2-7H,1H3;1,3H,2,9H2;1-2H,3H2;1H. The molecule has 58 heavy (non-hydrogen) atoms. The molecule has 5 aromatic rings. The molecule has 3 aromatic carbocycles. The number of nitrogens with two attached hydrogens (primary N) is 1. The van der Waals surface area contributed by atoms with E-state index in [0.29, 0.717) is 22.5 Å². The van der Waals surface area contributed by atoms with Crippen molar-refractivity contribution in [2.24, 2.45) is 5.73 Å². The van der Waals surface area contributed by atoms with Crippen molar-refractivity contribution in [3.63, 3.8) is 0 Å². The second-order valence-electron chi connectivity index (χ2n) is 14.3. The van der Waals surface area contributed by atoms with E-state index < -0.39 is 24.5 Å². The normalized spacial score (nSPS) is 14.1. The van der Waals surface area contributed by atoms with E-state index in [0.717, 1.165) is 43.6 Å². The second kappa shape index (κ2) is 21.5. The van der Waals surface area contributed by atoms with E-state index in [4.69, 9.17) is 43.0 Å². The molecule has 314 valence electrons. The Morgan fingerprint density at radius 1 is 0.948 bits per heavy atom. The Kier molecular flexibility index (Phi) is 19.0. The van der Waals surface area contributed by atoms with E-state index in [1.165, 1.54) is 13.2 Å². The number of carbonyl (C=O) groups excluding carboxylic acids is 2. The Morgan fingerprint density at radius 3 is 2.07 bits per heavy atom. The van der Waals surface area contributed by atoms with Gasteiger partial charge in [0.15, 0.2) is 0 Å². The lowest BCUT2D eigenvalue weighted by Gasteiger charge is -2.32. The number of methoxy groups -OCH3 is 1. The van der Waals surface area contributed by atoms with Crippen molar-refractivity contribution >= 4 is 102 Å². The number of pyridine rings is 1. The fourth-order valence-electron chi connectivity index (χ4n) is 5.26. The fraction of sp³-hybridized carbons (Fsp3) is 0.341. The highest BCUT2D eigenvalue weighted by atomic mass is 79.9. The minimum atomic E-state index is -4.37. The number of esters is 1. The first-order valence-electron chi connectivity index (χ1n) is 17.4. The number of alkyl halides is 4. The molecule has 0 saturated carbocycles. The van der Waals surface area contributed by atoms with E-state index in [-0.39, 0.29) is 40.6 Å². The summed E-state index contributed by atoms with van der Waals surface area (Å²) in [6, 6.07) is 23.4. The molecule has 1 saturated heterocycles. The molecule has 0 radical (unpaired) electrons. The number of fused-ring (bicyclic) bond motifs is 1. The third-order valence-electron chi connectivity index (χ3n) is 9.31. The average Bonchev–Trinajstić information content (AvgIpc) is 3.73. The molecule has 2 N–H and O–H groups in total. The van der Waals surface area contributed by atoms with Crippen molar-refractivity contribution in [3.8, 4) is 0 Å². The summed E-state index contributed by atoms with van der Waals surface area (Å²) in [5.41, 5.74) is 7.91. The summed E-state index contributed by atoms with van der Waals surface area (Å²) < 4.78 is 57.8. The molecule has 0 bridgehead atoms. The van der Waals surface area contributed by atoms with Gasteiger partial charge in [-0.15, -0.1) is 12.4 Å². The van der Waals surface area contributed by atoms with Crippen molar-refractivity contribution in [2.45, 2.75) is 83.1 Å². The molecule has 2 aromatic heterocycles. The lowest BCUT2D eigenvalue weighted by molar-refractivity contribution is -0.153. The lowest BCUT2D eigenvalue weighted by atomic mass is 9.75. The van der Waals surface area contributed by atoms with Crippen LogP contribution in [0.4, 0.5) is 13.2 Å². The highest BCUT2D eigenvalue weighted by Crippen LogP contribution is 2.37. The van der Waals surface area contributed by atoms with Gasteiger partial charge in [0.2, 0.25) is 5.76 Å². The van der Waals surface area contributed by atoms with E-state index in [9.17, 15) is 22.8 Å². The van der Waals surface area contributed by atoms with Gasteiger partial charge in [0.05, 0.1) is 39.8 Å². The molecule has 0 amide bonds. The number of carbonyl (C=O) groups is 2. The summed E-state index contributed by atoms with van der Waals surface area (Å²) in [7, 11) is 0.973. The zero-order valence-electron chi connectivity index (χ0n) is 33.1. The molecular formula is C41H45BBr2Cl3F3N2O6. The maximum Gasteiger partial charge on any atom is 0.494 e. The van der Waals surface area contributed by atoms with Crippen molar-refractivity contribution in [1.29, 1.82) is 0 Å². The summed E-state index contributed by atoms with van der Waals surface area (Å²) in [6.07, 6.45) is -2.70. The van der Waals surface area contributed by atoms with E-state index >= 15 is 0 Å². The molecule has 1 aliphatic heterocycles. The zero-order chi connectivity index (χ0) is 42.9. The van der Waals surface area contributed by atoms with Gasteiger partial charge < -0.3 is 24.2 Å². The van der Waals surface area contributed by atoms with Gasteiger partial charge in [-0.1, -0.05) is 88.2 Å². The average molecular weight is 996 g/mol. The Balaban J connectivity index is 0.000000280. The van der Waals surface area contributed by atoms with E-state index in [1.807, 2.05) is 109 Å². The number of halogens is 8. The molecule has 1 fully saturated rings. The molecular weight excluding hydrogens is 950 g/mol. The number of aryl methyl sites for hydroxylation is 1. The van der Waals surface area contributed by atoms with Crippen LogP contribution in [-0.2, 0) is 42.3 Å². The summed E-state index contributed by atoms with van der Waals surface area (Å²) in [5.74, 6) is -0.942. The molecule has 17 heteroatoms. The van der Waals surface area contributed by atoms with E-state index in [1.54, 1.807) is 12.3 Å². The number of benzene rings is 3. The minimum Gasteiger partial charge on any atom is -0.468 e. The van der Waals surface area contributed by atoms with Crippen LogP contribution in [-0.4, -0.2) is 41.6 Å². The molecule has 0 unspecified atom stereocenters. The van der Waals surface area contributed by atoms with Crippen molar-refractivity contribution in [3.05, 3.63) is 128 Å². The van der Waals surface area contributed by atoms with E-state index in [2.05, 4.69) is 41.3 Å². The minimum absolute atomic E-state index is 0. The topological polar surface area (TPSA) is 114 Å². The van der Waals surface area contributed by atoms with Crippen LogP contribution in [0.5, 0.6) is 0 Å². The first kappa shape index (κ1) is 51.2. The number of aromatic nitrogens is 1. The molecule has 3 heterocycles. The van der Waals surface area contributed by atoms with Gasteiger partial charge in [0, 0.05) is 22.8 Å². The van der Waals surface area contributed by atoms with Crippen LogP contribution in [0.2, 0.25) is 5.02 Å². The van der Waals surface area contributed by atoms with Gasteiger partial charge >= 0.3 is 19.3 Å². The SMILES string of the molecule is COC(=O)C(C)(C)c1cccc(B2OC(C)(C)C(C)(C)O2)c1.Cc1ccc2ccccc2c1C(=O)Cl.Cl.FC(F)(F)c1ccc(CBr)o1.NCc1ncc(Br)cc1Cl. The quantitative estimate of drug-likeness (QED) is 0.0774. The number of furan rings is 1. The van der Waals surface area contributed by atoms with Crippen LogP contribution < -0.4 is 11.2 Å². The number of rotatable bonds is 6. The molecule has 8 nitrogen and oxygen atoms in total. The number of nitrogens with zero attached hydrogens (tertiary/aromatic N) is 1. The third kappa shape index (κ3) is 13.3. The van der Waals surface area contributed by atoms with Gasteiger partial charge in [-0.3, -0.25) is 14.6 Å². The maximum absolute atomic E-state index is 12.0. The third-order valence-corrected chi connectivity index (χ3v) is 10.8. The van der Waals surface area contributed by atoms with Gasteiger partial charge in [-0.2, -0.15) is 13.2 Å². The lowest BCUT2D eigenvalue weighted by Crippen LogP contribution is -2.41. The predicted octanol–water partition coefficient (Wildman–Crippen LogP) is 11.5. The maximum atomic E-state index is 12.0. The Labute approximate surface area is 370 Å². The van der Waals surface area contributed by atoms with Gasteiger partial charge in [-0.05, 0) is 122 Å². The highest BCUT2D eigenvalue weighted by molar-refractivity contribution is 9.10. The second-order valence-corrected chi connectivity index (χ2v) is 16.5. The van der Waals surface area contributed by atoms with Crippen LogP contribution in [0.25, 0.3) is 10.8 Å². The number of hydrogen-bond donors (Lipinski definition) is 1. The zero-order valence-corrected chi connectivity index (χ0v) is 38.6. The Bertz CT molecular complexity index is 2150. The van der Waals surface area contributed by atoms with Crippen LogP contribution in [0.15, 0.2) is 93.9 Å². The molecule has 0 aliphatic carbocycles. The van der Waals surface area contributed by atoms with Gasteiger partial charge in [-0.25, -0.2) is 0 Å². The highest BCUT2D eigenvalue weighted by Gasteiger charge is 2.52. The summed E-state index contributed by atoms with van der Waals surface area (Å²) in [4.78, 5) is 27.2. The van der Waals surface area contributed by atoms with Gasteiger partial charge in [0.25, 0.3) is 5.24 Å². The number of hydrogen-bond acceptors (Lipinski definition) is 8. The smallest absolute Gasteiger partial charge is 0.468 e. The summed E-state index contributed by atoms with van der Waals surface area (Å²) >= 11 is 17.5. The number of ether oxygens (including phenoxy) is 1. The first-order valence-corrected chi connectivity index (χ1v) is 20.1. The van der Waals surface area contributed by atoms with Crippen molar-refractivity contribution in [2.75, 3.05) is 7.11 Å². The summed E-state index contributed by atoms with van der Waals surface area (Å²) in [6.45, 7) is 14.1. The van der Waals surface area contributed by atoms with Crippen LogP contribution in [0, 0.1) is 6.92 Å². The van der Waals surface area contributed by atoms with Crippen LogP contribution in [0.1, 0.15) is 80.2 Å². The summed E-state index contributed by atoms with van der Waals surface area (Å²) in [5, 5.41) is 2.48. The van der Waals surface area contributed by atoms with Crippen molar-refractivity contribution < 1.29 is 41.2 Å². The Morgan fingerprint density at radius 2 is 1.57 bits per heavy atom. The molecule has 6 rings (SSSR count). The van der Waals surface area contributed by atoms with Crippen LogP contribution >= 0.6 is 67.5 Å². The van der Waals surface area contributed by atoms with Crippen LogP contribution in [0.3, 0.4) is 0 Å². The van der Waals surface area contributed by atoms with Crippen molar-refractivity contribution in [1.82, 2.24) is 4.98 Å². The monoisotopic (exact) mass is 992 g/mol. The fourth-order valence-corrected chi connectivity index (χ4v) is 6.52. The Hall–Kier alpha value is -2.95. The largest absolute Gasteiger partial charge is 0.494 e. The molecule has 0 spiro atoms. The van der Waals surface area contributed by atoms with Gasteiger partial charge in [0.1, 0.15) is 5.76 Å².